The molecule has 1 aromatic carbocycles. The Morgan fingerprint density at radius 3 is 2.90 bits per heavy atom. The Labute approximate surface area is 121 Å². The third-order valence-electron chi connectivity index (χ3n) is 2.79. The molecule has 114 valence electrons. The standard InChI is InChI=1S/C12H15N3O5S/c1-20-12(17)15-11-13-9-4-3-8(7-10(9)14-11)21(18,19)6-2-5-16/h3-4,7,16H,2,5-6H2,1H3,(H2,13,14,15,17). The number of ether oxygens (including phenoxy) is 1. The summed E-state index contributed by atoms with van der Waals surface area (Å²) in [4.78, 5) is 18.1. The van der Waals surface area contributed by atoms with Gasteiger partial charge in [-0.25, -0.2) is 18.2 Å². The maximum Gasteiger partial charge on any atom is 0.413 e. The van der Waals surface area contributed by atoms with Crippen LogP contribution in [0, 0.1) is 0 Å². The minimum Gasteiger partial charge on any atom is -0.453 e. The van der Waals surface area contributed by atoms with Gasteiger partial charge in [0.05, 0.1) is 28.8 Å². The number of nitrogens with zero attached hydrogens (tertiary/aromatic N) is 1. The Kier molecular flexibility index (Phi) is 4.43. The first kappa shape index (κ1) is 15.3. The van der Waals surface area contributed by atoms with Gasteiger partial charge in [0.25, 0.3) is 0 Å². The Morgan fingerprint density at radius 1 is 1.48 bits per heavy atom. The van der Waals surface area contributed by atoms with Gasteiger partial charge in [-0.3, -0.25) is 5.32 Å². The van der Waals surface area contributed by atoms with E-state index in [0.717, 1.165) is 0 Å². The zero-order valence-corrected chi connectivity index (χ0v) is 12.1. The van der Waals surface area contributed by atoms with Gasteiger partial charge in [0.1, 0.15) is 0 Å². The summed E-state index contributed by atoms with van der Waals surface area (Å²) in [6, 6.07) is 4.43. The summed E-state index contributed by atoms with van der Waals surface area (Å²) in [6.45, 7) is -0.182. The van der Waals surface area contributed by atoms with Crippen molar-refractivity contribution in [1.29, 1.82) is 0 Å². The highest BCUT2D eigenvalue weighted by Crippen LogP contribution is 2.20. The van der Waals surface area contributed by atoms with Gasteiger partial charge in [0.2, 0.25) is 5.95 Å². The summed E-state index contributed by atoms with van der Waals surface area (Å²) in [5, 5.41) is 11.1. The van der Waals surface area contributed by atoms with E-state index in [1.165, 1.54) is 19.2 Å². The van der Waals surface area contributed by atoms with Crippen LogP contribution in [-0.4, -0.2) is 49.1 Å². The molecule has 0 bridgehead atoms. The molecule has 2 aromatic rings. The highest BCUT2D eigenvalue weighted by molar-refractivity contribution is 7.91. The molecule has 1 aromatic heterocycles. The first-order chi connectivity index (χ1) is 9.96. The monoisotopic (exact) mass is 313 g/mol. The van der Waals surface area contributed by atoms with Gasteiger partial charge in [-0.2, -0.15) is 0 Å². The Morgan fingerprint density at radius 2 is 2.24 bits per heavy atom. The number of methoxy groups -OCH3 is 1. The predicted molar refractivity (Wildman–Crippen MR) is 75.9 cm³/mol. The second kappa shape index (κ2) is 6.10. The number of sulfone groups is 1. The second-order valence-electron chi connectivity index (χ2n) is 4.28. The summed E-state index contributed by atoms with van der Waals surface area (Å²) < 4.78 is 28.5. The number of imidazole rings is 1. The van der Waals surface area contributed by atoms with Crippen LogP contribution in [0.4, 0.5) is 10.7 Å². The smallest absolute Gasteiger partial charge is 0.413 e. The number of H-pyrrole nitrogens is 1. The number of rotatable bonds is 5. The molecule has 21 heavy (non-hydrogen) atoms. The lowest BCUT2D eigenvalue weighted by atomic mass is 10.3. The molecule has 0 saturated carbocycles. The molecule has 1 amide bonds. The Bertz CT molecular complexity index is 753. The zero-order valence-electron chi connectivity index (χ0n) is 11.3. The molecule has 2 rings (SSSR count). The maximum absolute atomic E-state index is 12.0. The number of carbonyl (C=O) groups excluding carboxylic acids is 1. The molecule has 0 spiro atoms. The minimum atomic E-state index is -3.45. The number of aromatic nitrogens is 2. The van der Waals surface area contributed by atoms with Crippen LogP contribution in [0.1, 0.15) is 6.42 Å². The second-order valence-corrected chi connectivity index (χ2v) is 6.39. The fourth-order valence-corrected chi connectivity index (χ4v) is 3.08. The molecule has 0 aliphatic carbocycles. The quantitative estimate of drug-likeness (QED) is 0.754. The van der Waals surface area contributed by atoms with Gasteiger partial charge in [0.15, 0.2) is 9.84 Å². The van der Waals surface area contributed by atoms with Crippen LogP contribution in [0.25, 0.3) is 11.0 Å². The van der Waals surface area contributed by atoms with Crippen molar-refractivity contribution in [3.8, 4) is 0 Å². The van der Waals surface area contributed by atoms with E-state index >= 15 is 0 Å². The van der Waals surface area contributed by atoms with E-state index in [9.17, 15) is 13.2 Å². The van der Waals surface area contributed by atoms with Gasteiger partial charge in [0, 0.05) is 6.61 Å². The number of hydrogen-bond donors (Lipinski definition) is 3. The summed E-state index contributed by atoms with van der Waals surface area (Å²) >= 11 is 0. The van der Waals surface area contributed by atoms with Crippen LogP contribution in [0.15, 0.2) is 23.1 Å². The van der Waals surface area contributed by atoms with Crippen LogP contribution < -0.4 is 5.32 Å². The Hall–Kier alpha value is -2.13. The first-order valence-electron chi connectivity index (χ1n) is 6.14. The van der Waals surface area contributed by atoms with E-state index in [0.29, 0.717) is 11.0 Å². The van der Waals surface area contributed by atoms with E-state index in [-0.39, 0.29) is 29.6 Å². The van der Waals surface area contributed by atoms with Crippen LogP contribution >= 0.6 is 0 Å². The molecule has 0 atom stereocenters. The Balaban J connectivity index is 2.31. The number of anilines is 1. The van der Waals surface area contributed by atoms with Crippen molar-refractivity contribution in [2.24, 2.45) is 0 Å². The molecule has 0 aliphatic heterocycles. The van der Waals surface area contributed by atoms with E-state index in [2.05, 4.69) is 20.0 Å². The van der Waals surface area contributed by atoms with Gasteiger partial charge >= 0.3 is 6.09 Å². The van der Waals surface area contributed by atoms with Crippen LogP contribution in [0.2, 0.25) is 0 Å². The highest BCUT2D eigenvalue weighted by Gasteiger charge is 2.15. The van der Waals surface area contributed by atoms with Crippen molar-refractivity contribution >= 4 is 32.9 Å². The summed E-state index contributed by atoms with van der Waals surface area (Å²) in [5.74, 6) is 0.0397. The number of aliphatic hydroxyl groups is 1. The molecule has 3 N–H and O–H groups in total. The third kappa shape index (κ3) is 3.50. The maximum atomic E-state index is 12.0. The number of aromatic amines is 1. The summed E-state index contributed by atoms with van der Waals surface area (Å²) in [6.07, 6.45) is -0.497. The van der Waals surface area contributed by atoms with Gasteiger partial charge in [-0.15, -0.1) is 0 Å². The largest absolute Gasteiger partial charge is 0.453 e. The summed E-state index contributed by atoms with van der Waals surface area (Å²) in [5.41, 5.74) is 0.994. The van der Waals surface area contributed by atoms with Crippen molar-refractivity contribution in [2.45, 2.75) is 11.3 Å². The fraction of sp³-hybridized carbons (Fsp3) is 0.333. The lowest BCUT2D eigenvalue weighted by Gasteiger charge is -2.02. The number of benzene rings is 1. The van der Waals surface area contributed by atoms with Gasteiger partial charge in [-0.1, -0.05) is 0 Å². The van der Waals surface area contributed by atoms with Crippen molar-refractivity contribution in [1.82, 2.24) is 9.97 Å². The van der Waals surface area contributed by atoms with Crippen LogP contribution in [0.3, 0.4) is 0 Å². The average Bonchev–Trinajstić information content (AvgIpc) is 2.86. The SMILES string of the molecule is COC(=O)Nc1nc2ccc(S(=O)(=O)CCCO)cc2[nH]1. The zero-order chi connectivity index (χ0) is 15.5. The minimum absolute atomic E-state index is 0.129. The van der Waals surface area contributed by atoms with Crippen molar-refractivity contribution in [2.75, 3.05) is 24.8 Å². The number of nitrogens with one attached hydrogen (secondary N) is 2. The topological polar surface area (TPSA) is 121 Å². The lowest BCUT2D eigenvalue weighted by molar-refractivity contribution is 0.186. The molecule has 0 radical (unpaired) electrons. The number of amides is 1. The number of fused-ring (bicyclic) bond motifs is 1. The molecular weight excluding hydrogens is 298 g/mol. The molecule has 0 aliphatic rings. The number of aliphatic hydroxyl groups excluding tert-OH is 1. The third-order valence-corrected chi connectivity index (χ3v) is 4.59. The van der Waals surface area contributed by atoms with Crippen molar-refractivity contribution in [3.63, 3.8) is 0 Å². The van der Waals surface area contributed by atoms with Crippen molar-refractivity contribution in [3.05, 3.63) is 18.2 Å². The van der Waals surface area contributed by atoms with Crippen LogP contribution in [0.5, 0.6) is 0 Å². The molecule has 0 fully saturated rings. The average molecular weight is 313 g/mol. The van der Waals surface area contributed by atoms with E-state index in [4.69, 9.17) is 5.11 Å². The first-order valence-corrected chi connectivity index (χ1v) is 7.80. The van der Waals surface area contributed by atoms with E-state index in [1.54, 1.807) is 6.07 Å². The predicted octanol–water partition coefficient (Wildman–Crippen LogP) is 0.897. The van der Waals surface area contributed by atoms with E-state index in [1.807, 2.05) is 0 Å². The molecular formula is C12H15N3O5S. The fourth-order valence-electron chi connectivity index (χ4n) is 1.76. The molecule has 8 nitrogen and oxygen atoms in total. The van der Waals surface area contributed by atoms with Gasteiger partial charge in [-0.05, 0) is 24.6 Å². The normalized spacial score (nSPS) is 11.5. The molecule has 0 unspecified atom stereocenters. The highest BCUT2D eigenvalue weighted by atomic mass is 32.2. The number of carbonyl (C=O) groups is 1. The molecule has 1 heterocycles. The summed E-state index contributed by atoms with van der Waals surface area (Å²) in [7, 11) is -2.23. The molecule has 0 saturated heterocycles. The van der Waals surface area contributed by atoms with E-state index < -0.39 is 15.9 Å². The number of hydrogen-bond acceptors (Lipinski definition) is 6. The van der Waals surface area contributed by atoms with Gasteiger partial charge < -0.3 is 14.8 Å². The van der Waals surface area contributed by atoms with Crippen LogP contribution in [-0.2, 0) is 14.6 Å². The molecule has 9 heteroatoms. The lowest BCUT2D eigenvalue weighted by Crippen LogP contribution is -2.11. The van der Waals surface area contributed by atoms with Crippen molar-refractivity contribution < 1.29 is 23.1 Å².